The molecule has 1 saturated heterocycles. The van der Waals surface area contributed by atoms with Crippen molar-refractivity contribution in [3.63, 3.8) is 0 Å². The van der Waals surface area contributed by atoms with Crippen molar-refractivity contribution in [1.82, 2.24) is 9.55 Å². The highest BCUT2D eigenvalue weighted by molar-refractivity contribution is 6.74. The topological polar surface area (TPSA) is 88.6 Å². The number of aromatic nitrogens is 2. The average Bonchev–Trinajstić information content (AvgIpc) is 2.96. The van der Waals surface area contributed by atoms with Gasteiger partial charge in [0.15, 0.2) is 16.6 Å². The van der Waals surface area contributed by atoms with Crippen LogP contribution in [0.4, 0.5) is 5.82 Å². The van der Waals surface area contributed by atoms with Gasteiger partial charge in [-0.25, -0.2) is 4.79 Å². The largest absolute Gasteiger partial charge is 0.414 e. The first-order valence-electron chi connectivity index (χ1n) is 11.2. The van der Waals surface area contributed by atoms with Crippen molar-refractivity contribution >= 4 is 22.5 Å². The Hall–Kier alpha value is -1.01. The zero-order valence-corrected chi connectivity index (χ0v) is 23.3. The summed E-state index contributed by atoms with van der Waals surface area (Å²) in [4.78, 5) is 16.5. The first-order chi connectivity index (χ1) is 13.9. The number of nitrogens with two attached hydrogens (primary N) is 1. The highest BCUT2D eigenvalue weighted by atomic mass is 28.4. The molecule has 0 unspecified atom stereocenters. The summed E-state index contributed by atoms with van der Waals surface area (Å²) < 4.78 is 21.2. The van der Waals surface area contributed by atoms with Crippen LogP contribution in [0.3, 0.4) is 0 Å². The molecule has 1 aromatic heterocycles. The quantitative estimate of drug-likeness (QED) is 0.600. The summed E-state index contributed by atoms with van der Waals surface area (Å²) in [6, 6.07) is 0. The van der Waals surface area contributed by atoms with Gasteiger partial charge in [0, 0.05) is 18.2 Å². The van der Waals surface area contributed by atoms with E-state index >= 15 is 0 Å². The molecule has 31 heavy (non-hydrogen) atoms. The Morgan fingerprint density at radius 1 is 1.13 bits per heavy atom. The van der Waals surface area contributed by atoms with Crippen molar-refractivity contribution in [3.05, 3.63) is 22.2 Å². The van der Waals surface area contributed by atoms with E-state index in [0.29, 0.717) is 13.0 Å². The first-order valence-corrected chi connectivity index (χ1v) is 17.0. The molecule has 0 saturated carbocycles. The van der Waals surface area contributed by atoms with Gasteiger partial charge < -0.3 is 19.3 Å². The maximum absolute atomic E-state index is 12.5. The normalized spacial score (nSPS) is 23.4. The lowest BCUT2D eigenvalue weighted by molar-refractivity contribution is -0.0412. The lowest BCUT2D eigenvalue weighted by Gasteiger charge is -2.40. The van der Waals surface area contributed by atoms with Gasteiger partial charge in [-0.15, -0.1) is 0 Å². The summed E-state index contributed by atoms with van der Waals surface area (Å²) in [5.41, 5.74) is 6.17. The smallest absolute Gasteiger partial charge is 0.351 e. The fourth-order valence-electron chi connectivity index (χ4n) is 2.99. The molecule has 3 atom stereocenters. The third-order valence-corrected chi connectivity index (χ3v) is 16.3. The van der Waals surface area contributed by atoms with E-state index in [1.807, 2.05) is 6.92 Å². The van der Waals surface area contributed by atoms with Crippen LogP contribution in [0.5, 0.6) is 0 Å². The SMILES string of the molecule is Cc1cn([C@H]2C[C@H](O[Si](C)(C)C(C)(C)C)[C@@H](CO[Si](C)(C)C(C)(C)C)O2)c(=O)nc1N. The second-order valence-corrected chi connectivity index (χ2v) is 21.4. The minimum absolute atomic E-state index is 0.0755. The molecule has 1 fully saturated rings. The molecule has 2 rings (SSSR count). The Labute approximate surface area is 189 Å². The third-order valence-electron chi connectivity index (χ3n) is 7.33. The van der Waals surface area contributed by atoms with E-state index in [-0.39, 0.29) is 28.1 Å². The van der Waals surface area contributed by atoms with Crippen molar-refractivity contribution in [3.8, 4) is 0 Å². The van der Waals surface area contributed by atoms with E-state index in [0.717, 1.165) is 5.56 Å². The Morgan fingerprint density at radius 3 is 2.19 bits per heavy atom. The molecule has 0 aromatic carbocycles. The minimum Gasteiger partial charge on any atom is -0.414 e. The van der Waals surface area contributed by atoms with Gasteiger partial charge in [-0.1, -0.05) is 41.5 Å². The average molecular weight is 470 g/mol. The van der Waals surface area contributed by atoms with Crippen molar-refractivity contribution in [2.75, 3.05) is 12.3 Å². The number of nitrogens with zero attached hydrogens (tertiary/aromatic N) is 2. The molecule has 9 heteroatoms. The number of hydrogen-bond acceptors (Lipinski definition) is 6. The number of nitrogen functional groups attached to an aromatic ring is 1. The van der Waals surface area contributed by atoms with Gasteiger partial charge in [-0.2, -0.15) is 4.98 Å². The zero-order chi connectivity index (χ0) is 24.0. The van der Waals surface area contributed by atoms with Crippen LogP contribution in [0.2, 0.25) is 36.3 Å². The molecule has 0 bridgehead atoms. The second kappa shape index (κ2) is 8.74. The molecule has 2 N–H and O–H groups in total. The van der Waals surface area contributed by atoms with Crippen LogP contribution in [0.25, 0.3) is 0 Å². The molecule has 1 aliphatic rings. The number of ether oxygens (including phenoxy) is 1. The van der Waals surface area contributed by atoms with Crippen LogP contribution in [0.1, 0.15) is 59.8 Å². The number of anilines is 1. The van der Waals surface area contributed by atoms with E-state index in [1.165, 1.54) is 0 Å². The summed E-state index contributed by atoms with van der Waals surface area (Å²) in [6.07, 6.45) is 1.50. The minimum atomic E-state index is -2.03. The van der Waals surface area contributed by atoms with E-state index in [1.54, 1.807) is 10.8 Å². The zero-order valence-electron chi connectivity index (χ0n) is 21.3. The second-order valence-electron chi connectivity index (χ2n) is 11.9. The lowest BCUT2D eigenvalue weighted by Crippen LogP contribution is -2.48. The van der Waals surface area contributed by atoms with Crippen LogP contribution >= 0.6 is 0 Å². The van der Waals surface area contributed by atoms with Gasteiger partial charge in [0.05, 0.1) is 12.7 Å². The van der Waals surface area contributed by atoms with Gasteiger partial charge in [0.2, 0.25) is 0 Å². The van der Waals surface area contributed by atoms with Gasteiger partial charge in [-0.05, 0) is 43.2 Å². The predicted molar refractivity (Wildman–Crippen MR) is 131 cm³/mol. The summed E-state index contributed by atoms with van der Waals surface area (Å²) in [7, 11) is -3.98. The molecule has 1 aliphatic heterocycles. The van der Waals surface area contributed by atoms with Gasteiger partial charge in [-0.3, -0.25) is 4.57 Å². The Morgan fingerprint density at radius 2 is 1.68 bits per heavy atom. The first kappa shape index (κ1) is 26.2. The van der Waals surface area contributed by atoms with Crippen molar-refractivity contribution in [2.24, 2.45) is 0 Å². The monoisotopic (exact) mass is 469 g/mol. The highest BCUT2D eigenvalue weighted by Gasteiger charge is 2.46. The summed E-state index contributed by atoms with van der Waals surface area (Å²) >= 11 is 0. The Balaban J connectivity index is 2.31. The molecule has 2 heterocycles. The van der Waals surface area contributed by atoms with Crippen LogP contribution in [0, 0.1) is 6.92 Å². The molecule has 0 amide bonds. The van der Waals surface area contributed by atoms with Crippen LogP contribution in [0.15, 0.2) is 11.0 Å². The van der Waals surface area contributed by atoms with Gasteiger partial charge in [0.1, 0.15) is 18.1 Å². The van der Waals surface area contributed by atoms with E-state index in [2.05, 4.69) is 72.7 Å². The highest BCUT2D eigenvalue weighted by Crippen LogP contribution is 2.42. The molecule has 0 radical (unpaired) electrons. The summed E-state index contributed by atoms with van der Waals surface area (Å²) in [5, 5.41) is 0.182. The standard InChI is InChI=1S/C22H43N3O4Si2/c1-15-13-25(20(26)24-19(15)23)18-12-16(29-31(10,11)22(5,6)7)17(28-18)14-27-30(8,9)21(2,3)4/h13,16-18H,12,14H2,1-11H3,(H2,23,24,26)/t16-,17+,18+/m0/s1. The summed E-state index contributed by atoms with van der Waals surface area (Å²) in [5.74, 6) is 0.256. The van der Waals surface area contributed by atoms with E-state index < -0.39 is 28.6 Å². The third kappa shape index (κ3) is 5.87. The Bertz CT molecular complexity index is 841. The molecular formula is C22H43N3O4Si2. The maximum Gasteiger partial charge on any atom is 0.351 e. The van der Waals surface area contributed by atoms with Crippen molar-refractivity contribution in [1.29, 1.82) is 0 Å². The Kier molecular flexibility index (Phi) is 7.40. The molecule has 0 spiro atoms. The molecule has 1 aromatic rings. The number of hydrogen-bond donors (Lipinski definition) is 1. The lowest BCUT2D eigenvalue weighted by atomic mass is 10.2. The van der Waals surface area contributed by atoms with Crippen molar-refractivity contribution < 1.29 is 13.6 Å². The molecule has 7 nitrogen and oxygen atoms in total. The molecule has 0 aliphatic carbocycles. The molecular weight excluding hydrogens is 426 g/mol. The van der Waals surface area contributed by atoms with Crippen LogP contribution in [-0.2, 0) is 13.6 Å². The number of rotatable bonds is 6. The van der Waals surface area contributed by atoms with Gasteiger partial charge in [0.25, 0.3) is 0 Å². The van der Waals surface area contributed by atoms with E-state index in [4.69, 9.17) is 19.3 Å². The predicted octanol–water partition coefficient (Wildman–Crippen LogP) is 4.83. The number of aryl methyl sites for hydroxylation is 1. The van der Waals surface area contributed by atoms with Crippen LogP contribution in [-0.4, -0.2) is 45.0 Å². The maximum atomic E-state index is 12.5. The fourth-order valence-corrected chi connectivity index (χ4v) is 5.37. The van der Waals surface area contributed by atoms with Gasteiger partial charge >= 0.3 is 5.69 Å². The fraction of sp³-hybridized carbons (Fsp3) is 0.818. The van der Waals surface area contributed by atoms with E-state index in [9.17, 15) is 4.79 Å². The van der Waals surface area contributed by atoms with Crippen LogP contribution < -0.4 is 11.4 Å². The van der Waals surface area contributed by atoms with Crippen molar-refractivity contribution in [2.45, 2.75) is 110 Å². The molecule has 178 valence electrons. The summed E-state index contributed by atoms with van der Waals surface area (Å²) in [6.45, 7) is 24.6.